The average Bonchev–Trinajstić information content (AvgIpc) is 3.22. The molecular weight excluding hydrogens is 384 g/mol. The highest BCUT2D eigenvalue weighted by Gasteiger charge is 2.18. The lowest BCUT2D eigenvalue weighted by Crippen LogP contribution is -2.09. The number of nitrogens with one attached hydrogen (secondary N) is 1. The van der Waals surface area contributed by atoms with Crippen molar-refractivity contribution in [3.63, 3.8) is 0 Å². The number of nitrogens with zero attached hydrogens (tertiary/aromatic N) is 3. The summed E-state index contributed by atoms with van der Waals surface area (Å²) < 4.78 is 10.4. The Morgan fingerprint density at radius 3 is 2.77 bits per heavy atom. The fraction of sp³-hybridized carbons (Fsp3) is 0.182. The molecule has 2 heterocycles. The van der Waals surface area contributed by atoms with Gasteiger partial charge in [-0.3, -0.25) is 10.1 Å². The lowest BCUT2D eigenvalue weighted by Gasteiger charge is -2.09. The second-order valence-corrected chi connectivity index (χ2v) is 6.70. The van der Waals surface area contributed by atoms with Crippen LogP contribution in [0.1, 0.15) is 28.8 Å². The number of H-pyrrole nitrogens is 1. The molecule has 0 aliphatic carbocycles. The maximum atomic E-state index is 12.4. The van der Waals surface area contributed by atoms with Gasteiger partial charge in [0.1, 0.15) is 29.5 Å². The van der Waals surface area contributed by atoms with Gasteiger partial charge in [-0.2, -0.15) is 5.10 Å². The molecule has 0 fully saturated rings. The van der Waals surface area contributed by atoms with E-state index in [0.29, 0.717) is 35.6 Å². The van der Waals surface area contributed by atoms with Crippen molar-refractivity contribution in [1.82, 2.24) is 15.2 Å². The number of hydrogen-bond acceptors (Lipinski definition) is 7. The summed E-state index contributed by atoms with van der Waals surface area (Å²) in [6, 6.07) is 16.1. The maximum absolute atomic E-state index is 12.4. The van der Waals surface area contributed by atoms with E-state index in [-0.39, 0.29) is 11.3 Å². The third kappa shape index (κ3) is 4.13. The first-order valence-electron chi connectivity index (χ1n) is 9.37. The summed E-state index contributed by atoms with van der Waals surface area (Å²) in [6.45, 7) is 0.295. The predicted octanol–water partition coefficient (Wildman–Crippen LogP) is 3.17. The zero-order valence-electron chi connectivity index (χ0n) is 16.3. The smallest absolute Gasteiger partial charge is 0.348 e. The number of rotatable bonds is 7. The van der Waals surface area contributed by atoms with Crippen molar-refractivity contribution in [3.8, 4) is 5.75 Å². The van der Waals surface area contributed by atoms with Crippen molar-refractivity contribution in [3.05, 3.63) is 87.8 Å². The molecule has 1 unspecified atom stereocenters. The van der Waals surface area contributed by atoms with Gasteiger partial charge in [0.15, 0.2) is 11.6 Å². The summed E-state index contributed by atoms with van der Waals surface area (Å²) in [5.41, 5.74) is 0.673. The molecule has 0 aliphatic heterocycles. The van der Waals surface area contributed by atoms with E-state index in [1.807, 2.05) is 30.3 Å². The van der Waals surface area contributed by atoms with Gasteiger partial charge >= 0.3 is 5.63 Å². The Labute approximate surface area is 171 Å². The summed E-state index contributed by atoms with van der Waals surface area (Å²) in [7, 11) is 1.57. The molecule has 2 aromatic carbocycles. The van der Waals surface area contributed by atoms with Crippen molar-refractivity contribution in [2.45, 2.75) is 19.1 Å². The lowest BCUT2D eigenvalue weighted by molar-refractivity contribution is 0.178. The molecule has 4 rings (SSSR count). The van der Waals surface area contributed by atoms with Crippen LogP contribution in [0.4, 0.5) is 0 Å². The van der Waals surface area contributed by atoms with Gasteiger partial charge in [-0.25, -0.2) is 9.78 Å². The Balaban J connectivity index is 1.71. The van der Waals surface area contributed by atoms with E-state index in [9.17, 15) is 9.90 Å². The molecule has 0 amide bonds. The second-order valence-electron chi connectivity index (χ2n) is 6.70. The highest BCUT2D eigenvalue weighted by atomic mass is 16.5. The number of aliphatic imine (C=N–C) groups is 1. The van der Waals surface area contributed by atoms with Crippen LogP contribution in [0.15, 0.2) is 68.8 Å². The van der Waals surface area contributed by atoms with E-state index < -0.39 is 11.7 Å². The van der Waals surface area contributed by atoms with Gasteiger partial charge in [-0.05, 0) is 17.7 Å². The number of hydrogen-bond donors (Lipinski definition) is 2. The van der Waals surface area contributed by atoms with Gasteiger partial charge in [0.2, 0.25) is 0 Å². The van der Waals surface area contributed by atoms with E-state index in [1.54, 1.807) is 31.4 Å². The first-order chi connectivity index (χ1) is 14.7. The van der Waals surface area contributed by atoms with Gasteiger partial charge in [0.05, 0.1) is 5.39 Å². The van der Waals surface area contributed by atoms with Crippen LogP contribution in [0.2, 0.25) is 0 Å². The number of fused-ring (bicyclic) bond motifs is 1. The summed E-state index contributed by atoms with van der Waals surface area (Å²) in [6.07, 6.45) is 1.84. The standard InChI is InChI=1S/C22H20N4O4/c1-29-13-19-24-21(26-25-19)17(11-14-7-3-2-4-8-14)23-12-16-20(27)15-9-5-6-10-18(15)30-22(16)28/h2-10,12,17,27H,11,13H2,1H3,(H,24,25,26). The number of para-hydroxylation sites is 1. The Morgan fingerprint density at radius 2 is 1.97 bits per heavy atom. The molecule has 1 atom stereocenters. The molecule has 0 saturated heterocycles. The van der Waals surface area contributed by atoms with Gasteiger partial charge in [-0.15, -0.1) is 0 Å². The summed E-state index contributed by atoms with van der Waals surface area (Å²) in [5, 5.41) is 18.1. The van der Waals surface area contributed by atoms with Crippen LogP contribution in [-0.2, 0) is 17.8 Å². The van der Waals surface area contributed by atoms with Crippen LogP contribution in [-0.4, -0.2) is 33.6 Å². The number of benzene rings is 2. The molecule has 0 saturated carbocycles. The number of aromatic hydroxyl groups is 1. The minimum absolute atomic E-state index is 0.0144. The van der Waals surface area contributed by atoms with Gasteiger partial charge < -0.3 is 14.3 Å². The SMILES string of the molecule is COCc1nc(C(Cc2ccccc2)N=Cc2c(O)c3ccccc3oc2=O)n[nH]1. The van der Waals surface area contributed by atoms with Crippen molar-refractivity contribution in [2.75, 3.05) is 7.11 Å². The van der Waals surface area contributed by atoms with Crippen LogP contribution in [0.5, 0.6) is 5.75 Å². The minimum Gasteiger partial charge on any atom is -0.506 e. The number of methoxy groups -OCH3 is 1. The summed E-state index contributed by atoms with van der Waals surface area (Å²) in [4.78, 5) is 21.3. The Hall–Kier alpha value is -3.78. The topological polar surface area (TPSA) is 114 Å². The fourth-order valence-corrected chi connectivity index (χ4v) is 3.13. The molecule has 8 nitrogen and oxygen atoms in total. The highest BCUT2D eigenvalue weighted by Crippen LogP contribution is 2.26. The van der Waals surface area contributed by atoms with Gasteiger partial charge in [0, 0.05) is 19.7 Å². The fourth-order valence-electron chi connectivity index (χ4n) is 3.13. The third-order valence-corrected chi connectivity index (χ3v) is 4.60. The van der Waals surface area contributed by atoms with E-state index >= 15 is 0 Å². The number of aromatic nitrogens is 3. The Kier molecular flexibility index (Phi) is 5.67. The van der Waals surface area contributed by atoms with Crippen molar-refractivity contribution < 1.29 is 14.3 Å². The van der Waals surface area contributed by atoms with E-state index in [4.69, 9.17) is 9.15 Å². The molecule has 8 heteroatoms. The van der Waals surface area contributed by atoms with Crippen LogP contribution in [0.25, 0.3) is 11.0 Å². The quantitative estimate of drug-likeness (QED) is 0.361. The van der Waals surface area contributed by atoms with E-state index in [0.717, 1.165) is 5.56 Å². The van der Waals surface area contributed by atoms with Gasteiger partial charge in [0.25, 0.3) is 0 Å². The molecule has 30 heavy (non-hydrogen) atoms. The predicted molar refractivity (Wildman–Crippen MR) is 112 cm³/mol. The molecule has 0 aliphatic rings. The van der Waals surface area contributed by atoms with Gasteiger partial charge in [-0.1, -0.05) is 42.5 Å². The Bertz CT molecular complexity index is 1230. The van der Waals surface area contributed by atoms with Crippen LogP contribution < -0.4 is 5.63 Å². The zero-order chi connectivity index (χ0) is 20.9. The Morgan fingerprint density at radius 1 is 1.20 bits per heavy atom. The molecule has 152 valence electrons. The molecule has 2 aromatic heterocycles. The maximum Gasteiger partial charge on any atom is 0.348 e. The van der Waals surface area contributed by atoms with E-state index in [1.165, 1.54) is 6.21 Å². The van der Waals surface area contributed by atoms with Crippen LogP contribution >= 0.6 is 0 Å². The normalized spacial score (nSPS) is 12.6. The molecule has 0 spiro atoms. The minimum atomic E-state index is -0.663. The molecule has 4 aromatic rings. The zero-order valence-corrected chi connectivity index (χ0v) is 16.3. The summed E-state index contributed by atoms with van der Waals surface area (Å²) >= 11 is 0. The number of ether oxygens (including phenoxy) is 1. The lowest BCUT2D eigenvalue weighted by atomic mass is 10.1. The third-order valence-electron chi connectivity index (χ3n) is 4.60. The highest BCUT2D eigenvalue weighted by molar-refractivity contribution is 5.93. The molecule has 0 bridgehead atoms. The second kappa shape index (κ2) is 8.71. The molecule has 2 N–H and O–H groups in total. The average molecular weight is 404 g/mol. The van der Waals surface area contributed by atoms with E-state index in [2.05, 4.69) is 20.2 Å². The van der Waals surface area contributed by atoms with Crippen molar-refractivity contribution >= 4 is 17.2 Å². The van der Waals surface area contributed by atoms with Crippen LogP contribution in [0, 0.1) is 0 Å². The largest absolute Gasteiger partial charge is 0.506 e. The number of aromatic amines is 1. The monoisotopic (exact) mass is 404 g/mol. The van der Waals surface area contributed by atoms with Crippen LogP contribution in [0.3, 0.4) is 0 Å². The molecular formula is C22H20N4O4. The van der Waals surface area contributed by atoms with Crippen molar-refractivity contribution in [2.24, 2.45) is 4.99 Å². The summed E-state index contributed by atoms with van der Waals surface area (Å²) in [5.74, 6) is 0.875. The first-order valence-corrected chi connectivity index (χ1v) is 9.37. The molecule has 0 radical (unpaired) electrons. The first kappa shape index (κ1) is 19.5. The van der Waals surface area contributed by atoms with Crippen molar-refractivity contribution in [1.29, 1.82) is 0 Å².